The van der Waals surface area contributed by atoms with E-state index in [2.05, 4.69) is 27.9 Å². The Hall–Kier alpha value is -1.15. The first-order valence-corrected chi connectivity index (χ1v) is 7.73. The average Bonchev–Trinajstić information content (AvgIpc) is 2.41. The summed E-state index contributed by atoms with van der Waals surface area (Å²) < 4.78 is 1.12. The summed E-state index contributed by atoms with van der Waals surface area (Å²) in [4.78, 5) is 25.3. The van der Waals surface area contributed by atoms with Gasteiger partial charge >= 0.3 is 0 Å². The molecule has 20 heavy (non-hydrogen) atoms. The van der Waals surface area contributed by atoms with Crippen LogP contribution >= 0.6 is 22.6 Å². The van der Waals surface area contributed by atoms with Gasteiger partial charge in [0.15, 0.2) is 0 Å². The van der Waals surface area contributed by atoms with Gasteiger partial charge in [0.1, 0.15) is 0 Å². The van der Waals surface area contributed by atoms with Gasteiger partial charge in [-0.3, -0.25) is 14.5 Å². The molecule has 1 aliphatic rings. The highest BCUT2D eigenvalue weighted by Crippen LogP contribution is 2.17. The number of likely N-dealkylation sites (tertiary alicyclic amines) is 1. The van der Waals surface area contributed by atoms with Crippen molar-refractivity contribution in [3.63, 3.8) is 0 Å². The van der Waals surface area contributed by atoms with E-state index in [0.29, 0.717) is 0 Å². The Labute approximate surface area is 132 Å². The van der Waals surface area contributed by atoms with Gasteiger partial charge < -0.3 is 11.1 Å². The van der Waals surface area contributed by atoms with Crippen molar-refractivity contribution in [2.24, 2.45) is 5.73 Å². The van der Waals surface area contributed by atoms with Crippen molar-refractivity contribution >= 4 is 40.1 Å². The average molecular weight is 387 g/mol. The summed E-state index contributed by atoms with van der Waals surface area (Å²) in [5.74, 6) is -0.453. The van der Waals surface area contributed by atoms with Gasteiger partial charge in [-0.25, -0.2) is 0 Å². The SMILES string of the molecule is NC(=O)C1CCCCN1CC(=O)Nc1ccc(I)cc1. The van der Waals surface area contributed by atoms with Crippen LogP contribution in [0.15, 0.2) is 24.3 Å². The highest BCUT2D eigenvalue weighted by molar-refractivity contribution is 14.1. The third-order valence-corrected chi connectivity index (χ3v) is 4.14. The van der Waals surface area contributed by atoms with Crippen molar-refractivity contribution in [2.45, 2.75) is 25.3 Å². The fourth-order valence-corrected chi connectivity index (χ4v) is 2.78. The molecule has 5 nitrogen and oxygen atoms in total. The summed E-state index contributed by atoms with van der Waals surface area (Å²) in [5.41, 5.74) is 6.16. The second-order valence-corrected chi connectivity index (χ2v) is 6.19. The lowest BCUT2D eigenvalue weighted by molar-refractivity contribution is -0.126. The summed E-state index contributed by atoms with van der Waals surface area (Å²) >= 11 is 2.21. The highest BCUT2D eigenvalue weighted by atomic mass is 127. The Kier molecular flexibility index (Phi) is 5.36. The lowest BCUT2D eigenvalue weighted by Crippen LogP contribution is -2.50. The van der Waals surface area contributed by atoms with Crippen molar-refractivity contribution in [3.05, 3.63) is 27.8 Å². The summed E-state index contributed by atoms with van der Waals surface area (Å²) in [6.45, 7) is 0.952. The minimum absolute atomic E-state index is 0.112. The first kappa shape index (κ1) is 15.2. The topological polar surface area (TPSA) is 75.4 Å². The Bertz CT molecular complexity index is 490. The number of carbonyl (C=O) groups is 2. The molecular weight excluding hydrogens is 369 g/mol. The number of nitrogens with zero attached hydrogens (tertiary/aromatic N) is 1. The van der Waals surface area contributed by atoms with Crippen LogP contribution in [0.1, 0.15) is 19.3 Å². The van der Waals surface area contributed by atoms with Crippen LogP contribution in [0.4, 0.5) is 5.69 Å². The van der Waals surface area contributed by atoms with Crippen LogP contribution in [-0.2, 0) is 9.59 Å². The molecule has 1 aliphatic heterocycles. The molecule has 0 bridgehead atoms. The molecule has 1 aromatic rings. The summed E-state index contributed by atoms with van der Waals surface area (Å²) in [6, 6.07) is 7.28. The molecule has 1 atom stereocenters. The van der Waals surface area contributed by atoms with Gasteiger partial charge in [-0.05, 0) is 66.2 Å². The fourth-order valence-electron chi connectivity index (χ4n) is 2.42. The van der Waals surface area contributed by atoms with Gasteiger partial charge in [0.05, 0.1) is 12.6 Å². The van der Waals surface area contributed by atoms with Crippen LogP contribution in [0.2, 0.25) is 0 Å². The van der Waals surface area contributed by atoms with Crippen LogP contribution < -0.4 is 11.1 Å². The van der Waals surface area contributed by atoms with Crippen LogP contribution in [0, 0.1) is 3.57 Å². The predicted molar refractivity (Wildman–Crippen MR) is 86.2 cm³/mol. The number of carbonyl (C=O) groups excluding carboxylic acids is 2. The van der Waals surface area contributed by atoms with Gasteiger partial charge in [0.25, 0.3) is 0 Å². The standard InChI is InChI=1S/C14H18IN3O2/c15-10-4-6-11(7-5-10)17-13(19)9-18-8-2-1-3-12(18)14(16)20/h4-7,12H,1-3,8-9H2,(H2,16,20)(H,17,19). The number of rotatable bonds is 4. The summed E-state index contributed by atoms with van der Waals surface area (Å²) in [5, 5.41) is 2.84. The van der Waals surface area contributed by atoms with Crippen LogP contribution in [0.3, 0.4) is 0 Å². The number of nitrogens with two attached hydrogens (primary N) is 1. The molecule has 108 valence electrons. The van der Waals surface area contributed by atoms with E-state index in [1.807, 2.05) is 29.2 Å². The van der Waals surface area contributed by atoms with E-state index in [9.17, 15) is 9.59 Å². The molecule has 0 radical (unpaired) electrons. The molecule has 2 amide bonds. The number of anilines is 1. The molecule has 1 saturated heterocycles. The summed E-state index contributed by atoms with van der Waals surface area (Å²) in [7, 11) is 0. The fraction of sp³-hybridized carbons (Fsp3) is 0.429. The smallest absolute Gasteiger partial charge is 0.238 e. The van der Waals surface area contributed by atoms with Gasteiger partial charge in [-0.2, -0.15) is 0 Å². The normalized spacial score (nSPS) is 19.6. The molecule has 6 heteroatoms. The summed E-state index contributed by atoms with van der Waals surface area (Å²) in [6.07, 6.45) is 2.73. The van der Waals surface area contributed by atoms with Crippen molar-refractivity contribution in [1.29, 1.82) is 0 Å². The Morgan fingerprint density at radius 1 is 1.30 bits per heavy atom. The quantitative estimate of drug-likeness (QED) is 0.771. The molecule has 1 heterocycles. The Balaban J connectivity index is 1.92. The monoisotopic (exact) mass is 387 g/mol. The van der Waals surface area contributed by atoms with Crippen LogP contribution in [0.5, 0.6) is 0 Å². The zero-order valence-corrected chi connectivity index (χ0v) is 13.3. The number of piperidine rings is 1. The van der Waals surface area contributed by atoms with E-state index in [0.717, 1.165) is 35.1 Å². The van der Waals surface area contributed by atoms with Gasteiger partial charge in [-0.15, -0.1) is 0 Å². The Morgan fingerprint density at radius 2 is 2.00 bits per heavy atom. The van der Waals surface area contributed by atoms with Crippen molar-refractivity contribution in [2.75, 3.05) is 18.4 Å². The van der Waals surface area contributed by atoms with E-state index in [1.54, 1.807) is 0 Å². The molecule has 1 fully saturated rings. The number of primary amides is 1. The molecule has 0 saturated carbocycles. The molecule has 3 N–H and O–H groups in total. The van der Waals surface area contributed by atoms with E-state index < -0.39 is 0 Å². The zero-order valence-electron chi connectivity index (χ0n) is 11.1. The predicted octanol–water partition coefficient (Wildman–Crippen LogP) is 1.57. The largest absolute Gasteiger partial charge is 0.368 e. The van der Waals surface area contributed by atoms with E-state index >= 15 is 0 Å². The lowest BCUT2D eigenvalue weighted by Gasteiger charge is -2.32. The molecular formula is C14H18IN3O2. The number of halogens is 1. The van der Waals surface area contributed by atoms with Crippen molar-refractivity contribution in [1.82, 2.24) is 4.90 Å². The molecule has 1 unspecified atom stereocenters. The first-order chi connectivity index (χ1) is 9.56. The second-order valence-electron chi connectivity index (χ2n) is 4.94. The number of benzene rings is 1. The van der Waals surface area contributed by atoms with Gasteiger partial charge in [0.2, 0.25) is 11.8 Å². The molecule has 0 spiro atoms. The Morgan fingerprint density at radius 3 is 2.65 bits per heavy atom. The number of hydrogen-bond donors (Lipinski definition) is 2. The van der Waals surface area contributed by atoms with Crippen molar-refractivity contribution < 1.29 is 9.59 Å². The number of hydrogen-bond acceptors (Lipinski definition) is 3. The highest BCUT2D eigenvalue weighted by Gasteiger charge is 2.28. The lowest BCUT2D eigenvalue weighted by atomic mass is 10.0. The van der Waals surface area contributed by atoms with Crippen LogP contribution in [0.25, 0.3) is 0 Å². The first-order valence-electron chi connectivity index (χ1n) is 6.65. The maximum atomic E-state index is 12.0. The van der Waals surface area contributed by atoms with E-state index in [-0.39, 0.29) is 24.4 Å². The second kappa shape index (κ2) is 7.03. The number of nitrogens with one attached hydrogen (secondary N) is 1. The van der Waals surface area contributed by atoms with Crippen LogP contribution in [-0.4, -0.2) is 35.8 Å². The third-order valence-electron chi connectivity index (χ3n) is 3.42. The third kappa shape index (κ3) is 4.17. The van der Waals surface area contributed by atoms with E-state index in [1.165, 1.54) is 0 Å². The van der Waals surface area contributed by atoms with E-state index in [4.69, 9.17) is 5.73 Å². The molecule has 2 rings (SSSR count). The van der Waals surface area contributed by atoms with Gasteiger partial charge in [-0.1, -0.05) is 6.42 Å². The minimum Gasteiger partial charge on any atom is -0.368 e. The molecule has 0 aromatic heterocycles. The molecule has 1 aromatic carbocycles. The maximum absolute atomic E-state index is 12.0. The zero-order chi connectivity index (χ0) is 14.5. The number of amides is 2. The maximum Gasteiger partial charge on any atom is 0.238 e. The van der Waals surface area contributed by atoms with Gasteiger partial charge in [0, 0.05) is 9.26 Å². The molecule has 0 aliphatic carbocycles. The van der Waals surface area contributed by atoms with Crippen molar-refractivity contribution in [3.8, 4) is 0 Å². The minimum atomic E-state index is -0.341.